The third-order valence-corrected chi connectivity index (χ3v) is 8.59. The lowest BCUT2D eigenvalue weighted by molar-refractivity contribution is -0.139. The van der Waals surface area contributed by atoms with Gasteiger partial charge >= 0.3 is 5.97 Å². The van der Waals surface area contributed by atoms with Gasteiger partial charge in [0.25, 0.3) is 5.56 Å². The van der Waals surface area contributed by atoms with Gasteiger partial charge < -0.3 is 18.9 Å². The molecule has 0 aliphatic carbocycles. The van der Waals surface area contributed by atoms with E-state index in [1.807, 2.05) is 43.3 Å². The van der Waals surface area contributed by atoms with Crippen molar-refractivity contribution >= 4 is 46.6 Å². The predicted octanol–water partition coefficient (Wildman–Crippen LogP) is 6.09. The Morgan fingerprint density at radius 3 is 2.55 bits per heavy atom. The number of ether oxygens (including phenoxy) is 4. The van der Waals surface area contributed by atoms with E-state index in [0.29, 0.717) is 61.1 Å². The van der Waals surface area contributed by atoms with Gasteiger partial charge in [0.05, 0.1) is 52.2 Å². The lowest BCUT2D eigenvalue weighted by Crippen LogP contribution is -2.40. The van der Waals surface area contributed by atoms with E-state index in [1.54, 1.807) is 51.3 Å². The Kier molecular flexibility index (Phi) is 9.78. The van der Waals surface area contributed by atoms with Crippen LogP contribution in [0, 0.1) is 0 Å². The molecule has 0 radical (unpaired) electrons. The van der Waals surface area contributed by atoms with Crippen LogP contribution in [-0.2, 0) is 16.1 Å². The first kappa shape index (κ1) is 31.4. The minimum absolute atomic E-state index is 0.184. The maximum atomic E-state index is 14.0. The molecule has 0 unspecified atom stereocenters. The van der Waals surface area contributed by atoms with Crippen molar-refractivity contribution in [2.75, 3.05) is 20.3 Å². The molecular formula is C33H30Cl2N2O6S. The highest BCUT2D eigenvalue weighted by Crippen LogP contribution is 2.36. The van der Waals surface area contributed by atoms with E-state index >= 15 is 0 Å². The van der Waals surface area contributed by atoms with E-state index in [0.717, 1.165) is 11.1 Å². The Hall–Kier alpha value is -4.05. The van der Waals surface area contributed by atoms with Crippen molar-refractivity contribution in [3.05, 3.63) is 118 Å². The molecule has 4 aromatic rings. The van der Waals surface area contributed by atoms with Crippen LogP contribution >= 0.6 is 34.5 Å². The summed E-state index contributed by atoms with van der Waals surface area (Å²) in [6.45, 7) is 6.25. The molecule has 0 fully saturated rings. The average Bonchev–Trinajstić information content (AvgIpc) is 3.31. The average molecular weight is 654 g/mol. The van der Waals surface area contributed by atoms with Crippen LogP contribution in [0.2, 0.25) is 10.0 Å². The van der Waals surface area contributed by atoms with Crippen molar-refractivity contribution in [3.63, 3.8) is 0 Å². The molecule has 44 heavy (non-hydrogen) atoms. The van der Waals surface area contributed by atoms with Crippen LogP contribution in [0.5, 0.6) is 17.2 Å². The van der Waals surface area contributed by atoms with Crippen LogP contribution < -0.4 is 29.1 Å². The van der Waals surface area contributed by atoms with Crippen molar-refractivity contribution in [1.82, 2.24) is 4.57 Å². The number of aromatic nitrogens is 1. The largest absolute Gasteiger partial charge is 0.493 e. The van der Waals surface area contributed by atoms with Crippen molar-refractivity contribution in [3.8, 4) is 17.2 Å². The Balaban J connectivity index is 1.56. The quantitative estimate of drug-likeness (QED) is 0.193. The van der Waals surface area contributed by atoms with Gasteiger partial charge in [-0.3, -0.25) is 9.36 Å². The molecule has 8 nitrogen and oxygen atoms in total. The molecule has 0 spiro atoms. The molecule has 5 rings (SSSR count). The number of rotatable bonds is 10. The van der Waals surface area contributed by atoms with Gasteiger partial charge in [0, 0.05) is 0 Å². The summed E-state index contributed by atoms with van der Waals surface area (Å²) in [5.41, 5.74) is 2.78. The molecule has 1 aliphatic rings. The Labute approximate surface area is 268 Å². The van der Waals surface area contributed by atoms with Crippen molar-refractivity contribution < 1.29 is 23.7 Å². The second-order valence-electron chi connectivity index (χ2n) is 9.76. The SMILES string of the molecule is CCOC(=O)C1=C(C)N=c2s/c(=C/c3cccc(OCc4ccc(Cl)c(Cl)c4)c3)c(=O)n2[C@H]1c1ccc(OC)c(OCC)c1. The third-order valence-electron chi connectivity index (χ3n) is 6.87. The van der Waals surface area contributed by atoms with Crippen LogP contribution in [0.3, 0.4) is 0 Å². The molecule has 0 saturated carbocycles. The number of halogens is 2. The normalized spacial score (nSPS) is 14.6. The van der Waals surface area contributed by atoms with Gasteiger partial charge in [0.2, 0.25) is 0 Å². The number of nitrogens with zero attached hydrogens (tertiary/aromatic N) is 2. The number of allylic oxidation sites excluding steroid dienone is 1. The molecule has 0 saturated heterocycles. The molecule has 1 aliphatic heterocycles. The maximum Gasteiger partial charge on any atom is 0.338 e. The first-order chi connectivity index (χ1) is 21.2. The van der Waals surface area contributed by atoms with E-state index in [9.17, 15) is 9.59 Å². The standard InChI is InChI=1S/C33H30Cl2N2O6S/c1-5-41-27-17-22(11-13-26(27)40-4)30-29(32(39)42-6-2)19(3)36-33-37(30)31(38)28(44-33)16-20-8-7-9-23(14-20)43-18-21-10-12-24(34)25(35)15-21/h7-17,30H,5-6,18H2,1-4H3/b28-16+/t30-/m0/s1. The fourth-order valence-electron chi connectivity index (χ4n) is 4.88. The first-order valence-electron chi connectivity index (χ1n) is 13.9. The maximum absolute atomic E-state index is 14.0. The Morgan fingerprint density at radius 2 is 1.82 bits per heavy atom. The monoisotopic (exact) mass is 652 g/mol. The van der Waals surface area contributed by atoms with E-state index < -0.39 is 12.0 Å². The lowest BCUT2D eigenvalue weighted by Gasteiger charge is -2.25. The number of carbonyl (C=O) groups is 1. The molecule has 2 heterocycles. The van der Waals surface area contributed by atoms with Gasteiger partial charge in [-0.2, -0.15) is 0 Å². The van der Waals surface area contributed by atoms with Gasteiger partial charge in [-0.15, -0.1) is 0 Å². The van der Waals surface area contributed by atoms with Gasteiger partial charge in [-0.25, -0.2) is 9.79 Å². The van der Waals surface area contributed by atoms with E-state index in [4.69, 9.17) is 42.1 Å². The highest BCUT2D eigenvalue weighted by Gasteiger charge is 2.34. The smallest absolute Gasteiger partial charge is 0.338 e. The molecule has 1 aromatic heterocycles. The number of methoxy groups -OCH3 is 1. The Morgan fingerprint density at radius 1 is 1.00 bits per heavy atom. The lowest BCUT2D eigenvalue weighted by atomic mass is 9.95. The van der Waals surface area contributed by atoms with Gasteiger partial charge in [0.15, 0.2) is 16.3 Å². The number of thiazole rings is 1. The fraction of sp³-hybridized carbons (Fsp3) is 0.242. The van der Waals surface area contributed by atoms with Crippen LogP contribution in [0.15, 0.2) is 81.7 Å². The third kappa shape index (κ3) is 6.55. The van der Waals surface area contributed by atoms with E-state index in [2.05, 4.69) is 4.99 Å². The highest BCUT2D eigenvalue weighted by molar-refractivity contribution is 7.07. The van der Waals surface area contributed by atoms with E-state index in [1.165, 1.54) is 15.9 Å². The topological polar surface area (TPSA) is 88.4 Å². The molecule has 0 amide bonds. The summed E-state index contributed by atoms with van der Waals surface area (Å²) >= 11 is 13.4. The zero-order chi connectivity index (χ0) is 31.4. The van der Waals surface area contributed by atoms with Crippen LogP contribution in [0.25, 0.3) is 6.08 Å². The summed E-state index contributed by atoms with van der Waals surface area (Å²) in [5, 5.41) is 0.938. The van der Waals surface area contributed by atoms with Gasteiger partial charge in [0.1, 0.15) is 12.4 Å². The highest BCUT2D eigenvalue weighted by atomic mass is 35.5. The zero-order valence-corrected chi connectivity index (χ0v) is 26.9. The van der Waals surface area contributed by atoms with Crippen molar-refractivity contribution in [1.29, 1.82) is 0 Å². The number of esters is 1. The molecular weight excluding hydrogens is 623 g/mol. The minimum Gasteiger partial charge on any atom is -0.493 e. The van der Waals surface area contributed by atoms with Gasteiger partial charge in [-0.05, 0) is 79.9 Å². The molecule has 228 valence electrons. The molecule has 0 N–H and O–H groups in total. The molecule has 1 atom stereocenters. The number of hydrogen-bond donors (Lipinski definition) is 0. The minimum atomic E-state index is -0.779. The predicted molar refractivity (Wildman–Crippen MR) is 172 cm³/mol. The summed E-state index contributed by atoms with van der Waals surface area (Å²) in [6, 6.07) is 17.3. The fourth-order valence-corrected chi connectivity index (χ4v) is 6.25. The number of fused-ring (bicyclic) bond motifs is 1. The van der Waals surface area contributed by atoms with Crippen molar-refractivity contribution in [2.45, 2.75) is 33.4 Å². The van der Waals surface area contributed by atoms with Crippen molar-refractivity contribution in [2.24, 2.45) is 4.99 Å². The summed E-state index contributed by atoms with van der Waals surface area (Å²) in [5.74, 6) is 1.14. The van der Waals surface area contributed by atoms with Crippen LogP contribution in [-0.4, -0.2) is 30.9 Å². The number of carbonyl (C=O) groups excluding carboxylic acids is 1. The summed E-state index contributed by atoms with van der Waals surface area (Å²) in [6.07, 6.45) is 1.79. The molecule has 11 heteroatoms. The number of benzene rings is 3. The first-order valence-corrected chi connectivity index (χ1v) is 15.5. The summed E-state index contributed by atoms with van der Waals surface area (Å²) in [4.78, 5) is 32.4. The second kappa shape index (κ2) is 13.7. The van der Waals surface area contributed by atoms with Crippen LogP contribution in [0.1, 0.15) is 43.5 Å². The number of hydrogen-bond acceptors (Lipinski definition) is 8. The summed E-state index contributed by atoms with van der Waals surface area (Å²) in [7, 11) is 1.56. The molecule has 0 bridgehead atoms. The zero-order valence-electron chi connectivity index (χ0n) is 24.6. The Bertz CT molecular complexity index is 1930. The summed E-state index contributed by atoms with van der Waals surface area (Å²) < 4.78 is 24.6. The van der Waals surface area contributed by atoms with Crippen LogP contribution in [0.4, 0.5) is 0 Å². The van der Waals surface area contributed by atoms with E-state index in [-0.39, 0.29) is 17.7 Å². The molecule has 3 aromatic carbocycles. The second-order valence-corrected chi connectivity index (χ2v) is 11.6. The van der Waals surface area contributed by atoms with Gasteiger partial charge in [-0.1, -0.05) is 58.8 Å².